The van der Waals surface area contributed by atoms with E-state index in [9.17, 15) is 4.79 Å². The zero-order chi connectivity index (χ0) is 18.7. The maximum Gasteiger partial charge on any atom is 0.342 e. The first-order valence-electron chi connectivity index (χ1n) is 10.6. The molecule has 0 radical (unpaired) electrons. The molecule has 2 N–H and O–H groups in total. The molecule has 2 saturated carbocycles. The molecule has 1 aromatic heterocycles. The molecule has 6 unspecified atom stereocenters. The monoisotopic (exact) mass is 378 g/mol. The molecule has 6 atom stereocenters. The fourth-order valence-corrected chi connectivity index (χ4v) is 6.22. The number of hydrazine groups is 1. The largest absolute Gasteiger partial charge is 0.472 e. The first kappa shape index (κ1) is 16.8. The first-order valence-corrected chi connectivity index (χ1v) is 10.6. The summed E-state index contributed by atoms with van der Waals surface area (Å²) in [6, 6.07) is 2.26. The smallest absolute Gasteiger partial charge is 0.342 e. The summed E-state index contributed by atoms with van der Waals surface area (Å²) in [4.78, 5) is 12.4. The van der Waals surface area contributed by atoms with Gasteiger partial charge in [-0.15, -0.1) is 0 Å². The van der Waals surface area contributed by atoms with E-state index in [0.717, 1.165) is 19.4 Å². The number of ether oxygens (including phenoxy) is 1. The molecule has 1 aromatic rings. The van der Waals surface area contributed by atoms with Gasteiger partial charge in [-0.2, -0.15) is 0 Å². The molecule has 28 heavy (non-hydrogen) atoms. The second-order valence-electron chi connectivity index (χ2n) is 8.91. The molecule has 5 heteroatoms. The minimum absolute atomic E-state index is 0.0872. The number of fused-ring (bicyclic) bond motifs is 6. The lowest BCUT2D eigenvalue weighted by molar-refractivity contribution is 0.0382. The van der Waals surface area contributed by atoms with Crippen molar-refractivity contribution in [2.75, 3.05) is 6.54 Å². The average molecular weight is 378 g/mol. The van der Waals surface area contributed by atoms with Crippen LogP contribution in [0.4, 0.5) is 0 Å². The van der Waals surface area contributed by atoms with Gasteiger partial charge in [-0.05, 0) is 72.6 Å². The van der Waals surface area contributed by atoms with E-state index >= 15 is 0 Å². The lowest BCUT2D eigenvalue weighted by Crippen LogP contribution is -2.39. The van der Waals surface area contributed by atoms with Crippen LogP contribution in [0.25, 0.3) is 0 Å². The van der Waals surface area contributed by atoms with Gasteiger partial charge in [0.15, 0.2) is 0 Å². The highest BCUT2D eigenvalue weighted by molar-refractivity contribution is 5.89. The maximum absolute atomic E-state index is 12.4. The number of furan rings is 1. The minimum atomic E-state index is -0.277. The predicted molar refractivity (Wildman–Crippen MR) is 104 cm³/mol. The van der Waals surface area contributed by atoms with Gasteiger partial charge in [0.1, 0.15) is 12.4 Å². The molecule has 5 nitrogen and oxygen atoms in total. The summed E-state index contributed by atoms with van der Waals surface area (Å²) >= 11 is 0. The Morgan fingerprint density at radius 2 is 2.04 bits per heavy atom. The molecule has 1 saturated heterocycles. The highest BCUT2D eigenvalue weighted by Gasteiger charge is 2.46. The molecule has 5 aliphatic rings. The van der Waals surface area contributed by atoms with Crippen LogP contribution in [0.15, 0.2) is 58.0 Å². The quantitative estimate of drug-likeness (QED) is 0.771. The molecule has 0 bridgehead atoms. The van der Waals surface area contributed by atoms with Crippen molar-refractivity contribution in [3.63, 3.8) is 0 Å². The van der Waals surface area contributed by atoms with E-state index in [0.29, 0.717) is 35.3 Å². The van der Waals surface area contributed by atoms with Crippen molar-refractivity contribution in [1.29, 1.82) is 0 Å². The van der Waals surface area contributed by atoms with Crippen LogP contribution in [0.1, 0.15) is 42.5 Å². The molecular formula is C23H26N2O3. The van der Waals surface area contributed by atoms with Gasteiger partial charge in [0.2, 0.25) is 0 Å². The van der Waals surface area contributed by atoms with Crippen molar-refractivity contribution < 1.29 is 13.9 Å². The molecule has 6 rings (SSSR count). The lowest BCUT2D eigenvalue weighted by atomic mass is 9.62. The average Bonchev–Trinajstić information content (AvgIpc) is 3.46. The van der Waals surface area contributed by atoms with Gasteiger partial charge in [-0.3, -0.25) is 10.9 Å². The zero-order valence-corrected chi connectivity index (χ0v) is 15.9. The van der Waals surface area contributed by atoms with Crippen molar-refractivity contribution in [1.82, 2.24) is 10.9 Å². The Bertz CT molecular complexity index is 882. The van der Waals surface area contributed by atoms with Gasteiger partial charge >= 0.3 is 5.97 Å². The third-order valence-corrected chi connectivity index (χ3v) is 7.56. The molecule has 0 aromatic carbocycles. The molecule has 3 fully saturated rings. The number of rotatable bonds is 2. The SMILES string of the molecule is O=C(OC1CCC2C1=CC=C1C3=CC4CNNC4CC3CCC12)c1ccoc1. The highest BCUT2D eigenvalue weighted by Crippen LogP contribution is 2.53. The van der Waals surface area contributed by atoms with Crippen molar-refractivity contribution in [2.24, 2.45) is 23.7 Å². The third-order valence-electron chi connectivity index (χ3n) is 7.56. The Kier molecular flexibility index (Phi) is 3.88. The summed E-state index contributed by atoms with van der Waals surface area (Å²) in [7, 11) is 0. The summed E-state index contributed by atoms with van der Waals surface area (Å²) < 4.78 is 10.9. The summed E-state index contributed by atoms with van der Waals surface area (Å²) in [5.74, 6) is 2.16. The summed E-state index contributed by atoms with van der Waals surface area (Å²) in [6.45, 7) is 1.04. The van der Waals surface area contributed by atoms with Gasteiger partial charge in [0.25, 0.3) is 0 Å². The number of hydrogen-bond donors (Lipinski definition) is 2. The Morgan fingerprint density at radius 1 is 1.11 bits per heavy atom. The van der Waals surface area contributed by atoms with Crippen molar-refractivity contribution in [2.45, 2.75) is 44.2 Å². The molecule has 0 amide bonds. The normalized spacial score (nSPS) is 38.4. The Hall–Kier alpha value is -2.11. The molecule has 4 aliphatic carbocycles. The Morgan fingerprint density at radius 3 is 2.93 bits per heavy atom. The van der Waals surface area contributed by atoms with E-state index in [1.54, 1.807) is 17.2 Å². The second kappa shape index (κ2) is 6.46. The van der Waals surface area contributed by atoms with Crippen LogP contribution in [0.3, 0.4) is 0 Å². The molecular weight excluding hydrogens is 352 g/mol. The van der Waals surface area contributed by atoms with Crippen LogP contribution < -0.4 is 10.9 Å². The van der Waals surface area contributed by atoms with E-state index in [-0.39, 0.29) is 12.1 Å². The van der Waals surface area contributed by atoms with Gasteiger partial charge in [0, 0.05) is 18.5 Å². The predicted octanol–water partition coefficient (Wildman–Crippen LogP) is 3.53. The molecule has 0 spiro atoms. The van der Waals surface area contributed by atoms with Crippen molar-refractivity contribution in [3.8, 4) is 0 Å². The van der Waals surface area contributed by atoms with Crippen LogP contribution in [0.2, 0.25) is 0 Å². The fourth-order valence-electron chi connectivity index (χ4n) is 6.22. The third kappa shape index (κ3) is 2.56. The topological polar surface area (TPSA) is 63.5 Å². The van der Waals surface area contributed by atoms with E-state index < -0.39 is 0 Å². The fraction of sp³-hybridized carbons (Fsp3) is 0.522. The standard InChI is InChI=1S/C23H26N2O3/c26-23(14-7-8-27-12-14)28-22-6-5-17-16-2-1-13-10-21-15(11-24-25-21)9-20(13)18(16)3-4-19(17)22/h3-4,7-9,12-13,15-17,21-22,24-25H,1-2,5-6,10-11H2. The number of nitrogens with one attached hydrogen (secondary N) is 2. The van der Waals surface area contributed by atoms with Gasteiger partial charge in [-0.1, -0.05) is 18.2 Å². The summed E-state index contributed by atoms with van der Waals surface area (Å²) in [5.41, 5.74) is 11.8. The van der Waals surface area contributed by atoms with Crippen LogP contribution >= 0.6 is 0 Å². The van der Waals surface area contributed by atoms with Crippen LogP contribution in [-0.2, 0) is 4.74 Å². The lowest BCUT2D eigenvalue weighted by Gasteiger charge is -2.43. The number of carbonyl (C=O) groups is 1. The summed E-state index contributed by atoms with van der Waals surface area (Å²) in [5, 5.41) is 0. The minimum Gasteiger partial charge on any atom is -0.472 e. The first-order chi connectivity index (χ1) is 13.8. The number of allylic oxidation sites excluding steroid dienone is 4. The highest BCUT2D eigenvalue weighted by atomic mass is 16.5. The van der Waals surface area contributed by atoms with Crippen LogP contribution in [0.5, 0.6) is 0 Å². The number of hydrogen-bond acceptors (Lipinski definition) is 5. The van der Waals surface area contributed by atoms with Crippen molar-refractivity contribution >= 4 is 5.97 Å². The van der Waals surface area contributed by atoms with E-state index in [1.165, 1.54) is 37.4 Å². The Labute approximate surface area is 164 Å². The maximum atomic E-state index is 12.4. The van der Waals surface area contributed by atoms with Gasteiger partial charge in [-0.25, -0.2) is 4.79 Å². The Balaban J connectivity index is 1.27. The van der Waals surface area contributed by atoms with E-state index in [2.05, 4.69) is 29.1 Å². The van der Waals surface area contributed by atoms with E-state index in [1.807, 2.05) is 0 Å². The molecule has 146 valence electrons. The van der Waals surface area contributed by atoms with Crippen molar-refractivity contribution in [3.05, 3.63) is 59.1 Å². The molecule has 2 heterocycles. The molecule has 1 aliphatic heterocycles. The van der Waals surface area contributed by atoms with Gasteiger partial charge in [0.05, 0.1) is 11.8 Å². The summed E-state index contributed by atoms with van der Waals surface area (Å²) in [6.07, 6.45) is 15.9. The zero-order valence-electron chi connectivity index (χ0n) is 15.9. The van der Waals surface area contributed by atoms with E-state index in [4.69, 9.17) is 9.15 Å². The number of carbonyl (C=O) groups excluding carboxylic acids is 1. The van der Waals surface area contributed by atoms with Crippen LogP contribution in [-0.4, -0.2) is 24.7 Å². The van der Waals surface area contributed by atoms with Gasteiger partial charge < -0.3 is 9.15 Å². The second-order valence-corrected chi connectivity index (χ2v) is 8.91. The van der Waals surface area contributed by atoms with Crippen LogP contribution in [0, 0.1) is 23.7 Å². The number of esters is 1.